The molecule has 0 aromatic heterocycles. The second kappa shape index (κ2) is 6.37. The van der Waals surface area contributed by atoms with Crippen LogP contribution in [0.15, 0.2) is 17.0 Å². The fourth-order valence-corrected chi connectivity index (χ4v) is 4.00. The summed E-state index contributed by atoms with van der Waals surface area (Å²) < 4.78 is 31.9. The van der Waals surface area contributed by atoms with Crippen molar-refractivity contribution in [2.45, 2.75) is 45.1 Å². The van der Waals surface area contributed by atoms with Gasteiger partial charge in [-0.2, -0.15) is 4.72 Å². The zero-order chi connectivity index (χ0) is 15.5. The van der Waals surface area contributed by atoms with Crippen LogP contribution in [0.4, 0.5) is 0 Å². The highest BCUT2D eigenvalue weighted by Crippen LogP contribution is 2.22. The molecule has 0 amide bonds. The summed E-state index contributed by atoms with van der Waals surface area (Å²) >= 11 is 0. The van der Waals surface area contributed by atoms with Gasteiger partial charge in [0.2, 0.25) is 10.0 Å². The van der Waals surface area contributed by atoms with Crippen molar-refractivity contribution in [2.24, 2.45) is 0 Å². The molecule has 0 bridgehead atoms. The topological polar surface area (TPSA) is 72.5 Å². The normalized spacial score (nSPS) is 13.1. The van der Waals surface area contributed by atoms with E-state index in [2.05, 4.69) is 9.46 Å². The predicted octanol–water partition coefficient (Wildman–Crippen LogP) is 1.84. The van der Waals surface area contributed by atoms with Crippen molar-refractivity contribution in [3.63, 3.8) is 0 Å². The molecule has 1 N–H and O–H groups in total. The van der Waals surface area contributed by atoms with E-state index in [1.54, 1.807) is 32.9 Å². The minimum Gasteiger partial charge on any atom is -0.468 e. The highest BCUT2D eigenvalue weighted by molar-refractivity contribution is 7.89. The van der Waals surface area contributed by atoms with E-state index >= 15 is 0 Å². The van der Waals surface area contributed by atoms with Crippen LogP contribution in [0.3, 0.4) is 0 Å². The van der Waals surface area contributed by atoms with Crippen molar-refractivity contribution < 1.29 is 17.9 Å². The maximum absolute atomic E-state index is 12.5. The van der Waals surface area contributed by atoms with Crippen molar-refractivity contribution in [1.29, 1.82) is 0 Å². The minimum atomic E-state index is -3.76. The Bertz CT molecular complexity index is 585. The van der Waals surface area contributed by atoms with Crippen molar-refractivity contribution >= 4 is 16.0 Å². The molecule has 1 atom stereocenters. The highest BCUT2D eigenvalue weighted by Gasteiger charge is 2.27. The number of hydrogen-bond acceptors (Lipinski definition) is 4. The Morgan fingerprint density at radius 1 is 1.25 bits per heavy atom. The fourth-order valence-electron chi connectivity index (χ4n) is 2.28. The lowest BCUT2D eigenvalue weighted by Crippen LogP contribution is -2.41. The molecule has 6 heteroatoms. The predicted molar refractivity (Wildman–Crippen MR) is 77.1 cm³/mol. The molecule has 1 rings (SSSR count). The Kier molecular flexibility index (Phi) is 5.30. The molecule has 0 aliphatic rings. The number of carbonyl (C=O) groups excluding carboxylic acids is 1. The summed E-state index contributed by atoms with van der Waals surface area (Å²) in [5, 5.41) is 0. The lowest BCUT2D eigenvalue weighted by atomic mass is 10.1. The fraction of sp³-hybridized carbons (Fsp3) is 0.500. The molecule has 0 heterocycles. The van der Waals surface area contributed by atoms with Gasteiger partial charge in [-0.05, 0) is 38.3 Å². The summed E-state index contributed by atoms with van der Waals surface area (Å²) in [5.41, 5.74) is 2.32. The van der Waals surface area contributed by atoms with Gasteiger partial charge in [0.15, 0.2) is 0 Å². The Labute approximate surface area is 120 Å². The maximum Gasteiger partial charge on any atom is 0.323 e. The summed E-state index contributed by atoms with van der Waals surface area (Å²) in [7, 11) is -2.52. The minimum absolute atomic E-state index is 0.227. The first-order valence-electron chi connectivity index (χ1n) is 6.41. The molecule has 0 spiro atoms. The molecule has 112 valence electrons. The summed E-state index contributed by atoms with van der Waals surface area (Å²) in [6.45, 7) is 7.12. The number of esters is 1. The number of methoxy groups -OCH3 is 1. The van der Waals surface area contributed by atoms with E-state index in [1.165, 1.54) is 7.11 Å². The number of rotatable bonds is 5. The van der Waals surface area contributed by atoms with E-state index in [0.717, 1.165) is 5.56 Å². The molecule has 0 radical (unpaired) electrons. The number of hydrogen-bond donors (Lipinski definition) is 1. The Hall–Kier alpha value is -1.40. The van der Waals surface area contributed by atoms with E-state index in [9.17, 15) is 13.2 Å². The summed E-state index contributed by atoms with van der Waals surface area (Å²) in [5.74, 6) is -0.585. The molecule has 1 aromatic rings. The van der Waals surface area contributed by atoms with Crippen LogP contribution in [0.2, 0.25) is 0 Å². The average molecular weight is 299 g/mol. The van der Waals surface area contributed by atoms with Crippen LogP contribution < -0.4 is 4.72 Å². The number of benzene rings is 1. The summed E-state index contributed by atoms with van der Waals surface area (Å²) in [4.78, 5) is 11.8. The summed E-state index contributed by atoms with van der Waals surface area (Å²) in [6.07, 6.45) is 0.329. The van der Waals surface area contributed by atoms with Gasteiger partial charge in [0.25, 0.3) is 0 Å². The Morgan fingerprint density at radius 2 is 1.75 bits per heavy atom. The highest BCUT2D eigenvalue weighted by atomic mass is 32.2. The number of ether oxygens (including phenoxy) is 1. The summed E-state index contributed by atoms with van der Waals surface area (Å²) in [6, 6.07) is 2.74. The van der Waals surface area contributed by atoms with Gasteiger partial charge in [0.1, 0.15) is 6.04 Å². The molecular formula is C14H21NO4S. The van der Waals surface area contributed by atoms with Crippen molar-refractivity contribution in [3.05, 3.63) is 28.8 Å². The van der Waals surface area contributed by atoms with Gasteiger partial charge in [0.05, 0.1) is 12.0 Å². The number of sulfonamides is 1. The Morgan fingerprint density at radius 3 is 2.15 bits per heavy atom. The van der Waals surface area contributed by atoms with E-state index in [0.29, 0.717) is 17.5 Å². The molecule has 1 unspecified atom stereocenters. The van der Waals surface area contributed by atoms with Crippen molar-refractivity contribution in [3.8, 4) is 0 Å². The van der Waals surface area contributed by atoms with Gasteiger partial charge in [-0.3, -0.25) is 4.79 Å². The third kappa shape index (κ3) is 3.58. The molecule has 0 aliphatic heterocycles. The molecular weight excluding hydrogens is 278 g/mol. The molecule has 0 saturated carbocycles. The van der Waals surface area contributed by atoms with Crippen LogP contribution in [-0.4, -0.2) is 27.5 Å². The molecule has 20 heavy (non-hydrogen) atoms. The first-order valence-corrected chi connectivity index (χ1v) is 7.89. The van der Waals surface area contributed by atoms with E-state index < -0.39 is 22.0 Å². The Balaban J connectivity index is 3.21. The lowest BCUT2D eigenvalue weighted by Gasteiger charge is -2.17. The third-order valence-electron chi connectivity index (χ3n) is 3.06. The maximum atomic E-state index is 12.5. The second-order valence-electron chi connectivity index (χ2n) is 4.83. The van der Waals surface area contributed by atoms with Gasteiger partial charge in [-0.25, -0.2) is 8.42 Å². The van der Waals surface area contributed by atoms with Gasteiger partial charge >= 0.3 is 5.97 Å². The molecule has 1 aromatic carbocycles. The van der Waals surface area contributed by atoms with E-state index in [1.807, 2.05) is 6.92 Å². The van der Waals surface area contributed by atoms with Gasteiger partial charge in [0, 0.05) is 0 Å². The number of nitrogens with one attached hydrogen (secondary N) is 1. The van der Waals surface area contributed by atoms with Crippen LogP contribution in [0, 0.1) is 20.8 Å². The quantitative estimate of drug-likeness (QED) is 0.842. The first-order chi connectivity index (χ1) is 9.22. The van der Waals surface area contributed by atoms with Crippen LogP contribution in [0.1, 0.15) is 30.0 Å². The standard InChI is InChI=1S/C14H21NO4S/c1-6-12(14(16)19-5)15-20(17,18)13-10(3)7-9(2)8-11(13)4/h7-8,12,15H,6H2,1-5H3. The number of carbonyl (C=O) groups is 1. The molecule has 5 nitrogen and oxygen atoms in total. The van der Waals surface area contributed by atoms with E-state index in [4.69, 9.17) is 0 Å². The van der Waals surface area contributed by atoms with Gasteiger partial charge < -0.3 is 4.74 Å². The second-order valence-corrected chi connectivity index (χ2v) is 6.48. The SMILES string of the molecule is CCC(NS(=O)(=O)c1c(C)cc(C)cc1C)C(=O)OC. The van der Waals surface area contributed by atoms with Crippen LogP contribution >= 0.6 is 0 Å². The van der Waals surface area contributed by atoms with E-state index in [-0.39, 0.29) is 4.90 Å². The zero-order valence-electron chi connectivity index (χ0n) is 12.5. The zero-order valence-corrected chi connectivity index (χ0v) is 13.3. The van der Waals surface area contributed by atoms with Crippen molar-refractivity contribution in [2.75, 3.05) is 7.11 Å². The lowest BCUT2D eigenvalue weighted by molar-refractivity contribution is -0.142. The molecule has 0 fully saturated rings. The van der Waals surface area contributed by atoms with Crippen LogP contribution in [0.5, 0.6) is 0 Å². The van der Waals surface area contributed by atoms with Gasteiger partial charge in [-0.1, -0.05) is 24.6 Å². The van der Waals surface area contributed by atoms with Crippen molar-refractivity contribution in [1.82, 2.24) is 4.72 Å². The molecule has 0 saturated heterocycles. The average Bonchev–Trinajstić information content (AvgIpc) is 2.33. The molecule has 0 aliphatic carbocycles. The van der Waals surface area contributed by atoms with Crippen LogP contribution in [0.25, 0.3) is 0 Å². The third-order valence-corrected chi connectivity index (χ3v) is 4.84. The van der Waals surface area contributed by atoms with Gasteiger partial charge in [-0.15, -0.1) is 0 Å². The first kappa shape index (κ1) is 16.7. The smallest absolute Gasteiger partial charge is 0.323 e. The largest absolute Gasteiger partial charge is 0.468 e. The number of aryl methyl sites for hydroxylation is 3. The van der Waals surface area contributed by atoms with Crippen LogP contribution in [-0.2, 0) is 19.6 Å². The monoisotopic (exact) mass is 299 g/mol.